The molecule has 0 spiro atoms. The molecule has 138 valence electrons. The first kappa shape index (κ1) is 17.0. The van der Waals surface area contributed by atoms with Gasteiger partial charge in [-0.25, -0.2) is 4.98 Å². The SMILES string of the molecule is COc1cc(OC)cc(C2C(O)=C(c3nc4ccccc4[nH]3)C(=N)N2C)c1. The van der Waals surface area contributed by atoms with E-state index in [0.29, 0.717) is 22.9 Å². The summed E-state index contributed by atoms with van der Waals surface area (Å²) in [6.45, 7) is 0. The number of aromatic amines is 1. The maximum atomic E-state index is 11.0. The minimum Gasteiger partial charge on any atom is -0.509 e. The fraction of sp³-hybridized carbons (Fsp3) is 0.200. The van der Waals surface area contributed by atoms with E-state index in [4.69, 9.17) is 14.9 Å². The van der Waals surface area contributed by atoms with Crippen LogP contribution in [-0.2, 0) is 0 Å². The predicted octanol–water partition coefficient (Wildman–Crippen LogP) is 3.51. The quantitative estimate of drug-likeness (QED) is 0.658. The Morgan fingerprint density at radius 3 is 2.41 bits per heavy atom. The highest BCUT2D eigenvalue weighted by atomic mass is 16.5. The van der Waals surface area contributed by atoms with E-state index in [1.54, 1.807) is 32.2 Å². The van der Waals surface area contributed by atoms with Gasteiger partial charge in [-0.2, -0.15) is 0 Å². The fourth-order valence-electron chi connectivity index (χ4n) is 3.42. The first-order valence-electron chi connectivity index (χ1n) is 8.46. The molecule has 1 aromatic heterocycles. The monoisotopic (exact) mass is 364 g/mol. The van der Waals surface area contributed by atoms with Crippen molar-refractivity contribution in [2.24, 2.45) is 0 Å². The highest BCUT2D eigenvalue weighted by Gasteiger charge is 2.38. The average molecular weight is 364 g/mol. The van der Waals surface area contributed by atoms with Crippen molar-refractivity contribution >= 4 is 22.4 Å². The van der Waals surface area contributed by atoms with Gasteiger partial charge in [0.15, 0.2) is 0 Å². The number of imidazole rings is 1. The number of fused-ring (bicyclic) bond motifs is 1. The van der Waals surface area contributed by atoms with Crippen LogP contribution in [0.1, 0.15) is 17.4 Å². The van der Waals surface area contributed by atoms with E-state index >= 15 is 0 Å². The predicted molar refractivity (Wildman–Crippen MR) is 103 cm³/mol. The van der Waals surface area contributed by atoms with Crippen molar-refractivity contribution in [2.45, 2.75) is 6.04 Å². The average Bonchev–Trinajstić information content (AvgIpc) is 3.19. The standard InChI is InChI=1S/C20H20N4O3/c1-24-17(11-8-12(26-2)10-13(9-11)27-3)18(25)16(19(24)21)20-22-14-6-4-5-7-15(14)23-20/h4-10,17,21,25H,1-3H3,(H,22,23). The third-order valence-corrected chi connectivity index (χ3v) is 4.81. The summed E-state index contributed by atoms with van der Waals surface area (Å²) < 4.78 is 10.7. The van der Waals surface area contributed by atoms with Crippen LogP contribution in [0.15, 0.2) is 48.2 Å². The second-order valence-electron chi connectivity index (χ2n) is 6.37. The lowest BCUT2D eigenvalue weighted by molar-refractivity contribution is 0.301. The van der Waals surface area contributed by atoms with E-state index in [-0.39, 0.29) is 11.6 Å². The van der Waals surface area contributed by atoms with Crippen LogP contribution in [0.4, 0.5) is 0 Å². The molecule has 7 heteroatoms. The first-order valence-corrected chi connectivity index (χ1v) is 8.46. The van der Waals surface area contributed by atoms with Crippen LogP contribution < -0.4 is 9.47 Å². The Morgan fingerprint density at radius 2 is 1.78 bits per heavy atom. The number of hydrogen-bond donors (Lipinski definition) is 3. The molecular formula is C20H20N4O3. The number of benzene rings is 2. The van der Waals surface area contributed by atoms with Crippen LogP contribution in [0.25, 0.3) is 16.6 Å². The zero-order chi connectivity index (χ0) is 19.1. The molecule has 1 atom stereocenters. The molecule has 2 aromatic carbocycles. The van der Waals surface area contributed by atoms with Gasteiger partial charge in [-0.3, -0.25) is 5.41 Å². The molecule has 0 saturated carbocycles. The molecule has 4 rings (SSSR count). The van der Waals surface area contributed by atoms with Crippen molar-refractivity contribution in [1.82, 2.24) is 14.9 Å². The summed E-state index contributed by atoms with van der Waals surface area (Å²) in [5, 5.41) is 19.5. The number of nitrogens with one attached hydrogen (secondary N) is 2. The zero-order valence-electron chi connectivity index (χ0n) is 15.3. The molecule has 0 fully saturated rings. The van der Waals surface area contributed by atoms with Gasteiger partial charge >= 0.3 is 0 Å². The summed E-state index contributed by atoms with van der Waals surface area (Å²) in [5.41, 5.74) is 2.80. The smallest absolute Gasteiger partial charge is 0.145 e. The Bertz CT molecular complexity index is 1010. The normalized spacial score (nSPS) is 17.1. The van der Waals surface area contributed by atoms with Crippen molar-refractivity contribution < 1.29 is 14.6 Å². The highest BCUT2D eigenvalue weighted by Crippen LogP contribution is 2.41. The molecule has 3 aromatic rings. The fourth-order valence-corrected chi connectivity index (χ4v) is 3.42. The van der Waals surface area contributed by atoms with Crippen molar-refractivity contribution in [1.29, 1.82) is 5.41 Å². The number of aliphatic hydroxyl groups is 1. The molecule has 1 unspecified atom stereocenters. The minimum atomic E-state index is -0.523. The van der Waals surface area contributed by atoms with Gasteiger partial charge in [-0.1, -0.05) is 12.1 Å². The third-order valence-electron chi connectivity index (χ3n) is 4.81. The zero-order valence-corrected chi connectivity index (χ0v) is 15.3. The first-order chi connectivity index (χ1) is 13.0. The molecular weight excluding hydrogens is 344 g/mol. The Morgan fingerprint density at radius 1 is 1.11 bits per heavy atom. The van der Waals surface area contributed by atoms with Crippen molar-refractivity contribution in [2.75, 3.05) is 21.3 Å². The number of ether oxygens (including phenoxy) is 2. The van der Waals surface area contributed by atoms with Crippen LogP contribution >= 0.6 is 0 Å². The lowest BCUT2D eigenvalue weighted by Crippen LogP contribution is -2.25. The molecule has 3 N–H and O–H groups in total. The van der Waals surface area contributed by atoms with E-state index in [1.807, 2.05) is 36.4 Å². The molecule has 7 nitrogen and oxygen atoms in total. The number of methoxy groups -OCH3 is 2. The topological polar surface area (TPSA) is 94.5 Å². The largest absolute Gasteiger partial charge is 0.509 e. The van der Waals surface area contributed by atoms with Crippen molar-refractivity contribution in [3.63, 3.8) is 0 Å². The molecule has 0 radical (unpaired) electrons. The Kier molecular flexibility index (Phi) is 3.99. The number of amidine groups is 1. The van der Waals surface area contributed by atoms with Gasteiger partial charge in [-0.15, -0.1) is 0 Å². The van der Waals surface area contributed by atoms with Gasteiger partial charge < -0.3 is 24.5 Å². The molecule has 27 heavy (non-hydrogen) atoms. The van der Waals surface area contributed by atoms with Crippen LogP contribution in [0.2, 0.25) is 0 Å². The molecule has 0 bridgehead atoms. The number of hydrogen-bond acceptors (Lipinski definition) is 5. The summed E-state index contributed by atoms with van der Waals surface area (Å²) in [6, 6.07) is 12.5. The summed E-state index contributed by atoms with van der Waals surface area (Å²) in [5.74, 6) is 1.97. The van der Waals surface area contributed by atoms with Gasteiger partial charge in [0.05, 0.1) is 30.8 Å². The van der Waals surface area contributed by atoms with E-state index in [1.165, 1.54) is 0 Å². The van der Waals surface area contributed by atoms with E-state index in [9.17, 15) is 5.11 Å². The van der Waals surface area contributed by atoms with E-state index < -0.39 is 6.04 Å². The van der Waals surface area contributed by atoms with Crippen LogP contribution in [0.5, 0.6) is 11.5 Å². The van der Waals surface area contributed by atoms with Gasteiger partial charge in [0.1, 0.15) is 35.0 Å². The highest BCUT2D eigenvalue weighted by molar-refractivity contribution is 6.23. The van der Waals surface area contributed by atoms with Gasteiger partial charge in [0.2, 0.25) is 0 Å². The van der Waals surface area contributed by atoms with Gasteiger partial charge in [-0.05, 0) is 29.8 Å². The van der Waals surface area contributed by atoms with Crippen LogP contribution in [0.3, 0.4) is 0 Å². The molecule has 0 aliphatic carbocycles. The summed E-state index contributed by atoms with van der Waals surface area (Å²) in [7, 11) is 4.92. The van der Waals surface area contributed by atoms with Crippen LogP contribution in [0, 0.1) is 5.41 Å². The lowest BCUT2D eigenvalue weighted by Gasteiger charge is -2.23. The van der Waals surface area contributed by atoms with Crippen molar-refractivity contribution in [3.05, 3.63) is 59.6 Å². The molecule has 0 saturated heterocycles. The molecule has 2 heterocycles. The Labute approximate surface area is 156 Å². The second kappa shape index (κ2) is 6.35. The molecule has 1 aliphatic heterocycles. The van der Waals surface area contributed by atoms with Gasteiger partial charge in [0.25, 0.3) is 0 Å². The van der Waals surface area contributed by atoms with E-state index in [0.717, 1.165) is 16.6 Å². The van der Waals surface area contributed by atoms with Crippen molar-refractivity contribution in [3.8, 4) is 11.5 Å². The number of nitrogens with zero attached hydrogens (tertiary/aromatic N) is 2. The molecule has 0 amide bonds. The number of rotatable bonds is 4. The van der Waals surface area contributed by atoms with E-state index in [2.05, 4.69) is 9.97 Å². The summed E-state index contributed by atoms with van der Waals surface area (Å²) in [6.07, 6.45) is 0. The van der Waals surface area contributed by atoms with Gasteiger partial charge in [0, 0.05) is 13.1 Å². The number of aliphatic hydroxyl groups excluding tert-OH is 1. The summed E-state index contributed by atoms with van der Waals surface area (Å²) in [4.78, 5) is 9.43. The third kappa shape index (κ3) is 2.68. The maximum absolute atomic E-state index is 11.0. The minimum absolute atomic E-state index is 0.0665. The molecule has 1 aliphatic rings. The number of likely N-dealkylation sites (N-methyl/N-ethyl adjacent to an activating group) is 1. The number of para-hydroxylation sites is 2. The maximum Gasteiger partial charge on any atom is 0.145 e. The number of aromatic nitrogens is 2. The second-order valence-corrected chi connectivity index (χ2v) is 6.37. The Hall–Kier alpha value is -3.48. The lowest BCUT2D eigenvalue weighted by atomic mass is 10.0. The summed E-state index contributed by atoms with van der Waals surface area (Å²) >= 11 is 0. The van der Waals surface area contributed by atoms with Crippen LogP contribution in [-0.4, -0.2) is 47.1 Å². The Balaban J connectivity index is 1.84. The number of H-pyrrole nitrogens is 1.